The molecule has 6 heteroatoms. The van der Waals surface area contributed by atoms with Crippen molar-refractivity contribution < 1.29 is 9.90 Å². The zero-order valence-electron chi connectivity index (χ0n) is 13.1. The fourth-order valence-electron chi connectivity index (χ4n) is 2.53. The molecule has 0 unspecified atom stereocenters. The maximum absolute atomic E-state index is 11.3. The van der Waals surface area contributed by atoms with Gasteiger partial charge < -0.3 is 15.3 Å². The highest BCUT2D eigenvalue weighted by atomic mass is 32.1. The van der Waals surface area contributed by atoms with Crippen molar-refractivity contribution in [3.05, 3.63) is 11.1 Å². The summed E-state index contributed by atoms with van der Waals surface area (Å²) in [5.74, 6) is -0.841. The van der Waals surface area contributed by atoms with Crippen LogP contribution in [0.25, 0.3) is 0 Å². The SMILES string of the molecule is CCCN1CCC(Nc2nc(C(C)(C)C(=O)O)cs2)CC1. The van der Waals surface area contributed by atoms with Crippen LogP contribution >= 0.6 is 11.3 Å². The van der Waals surface area contributed by atoms with Gasteiger partial charge in [0.25, 0.3) is 0 Å². The Morgan fingerprint density at radius 2 is 2.19 bits per heavy atom. The molecule has 1 fully saturated rings. The minimum absolute atomic E-state index is 0.449. The van der Waals surface area contributed by atoms with E-state index < -0.39 is 11.4 Å². The Kier molecular flexibility index (Phi) is 5.22. The molecule has 0 atom stereocenters. The van der Waals surface area contributed by atoms with Gasteiger partial charge in [-0.05, 0) is 39.7 Å². The van der Waals surface area contributed by atoms with Gasteiger partial charge in [-0.3, -0.25) is 4.79 Å². The van der Waals surface area contributed by atoms with Gasteiger partial charge in [0.05, 0.1) is 5.69 Å². The smallest absolute Gasteiger partial charge is 0.315 e. The number of aromatic nitrogens is 1. The van der Waals surface area contributed by atoms with Crippen LogP contribution in [0.2, 0.25) is 0 Å². The van der Waals surface area contributed by atoms with Gasteiger partial charge in [-0.25, -0.2) is 4.98 Å². The molecule has 21 heavy (non-hydrogen) atoms. The average molecular weight is 311 g/mol. The van der Waals surface area contributed by atoms with Gasteiger partial charge in [0.15, 0.2) is 5.13 Å². The minimum atomic E-state index is -0.930. The minimum Gasteiger partial charge on any atom is -0.481 e. The zero-order chi connectivity index (χ0) is 15.5. The highest BCUT2D eigenvalue weighted by Gasteiger charge is 2.32. The lowest BCUT2D eigenvalue weighted by Gasteiger charge is -2.32. The number of thiazole rings is 1. The molecule has 1 aliphatic rings. The fraction of sp³-hybridized carbons (Fsp3) is 0.733. The van der Waals surface area contributed by atoms with Crippen molar-refractivity contribution in [3.8, 4) is 0 Å². The van der Waals surface area contributed by atoms with Crippen molar-refractivity contribution in [1.82, 2.24) is 9.88 Å². The number of carbonyl (C=O) groups is 1. The third kappa shape index (κ3) is 3.95. The third-order valence-corrected chi connectivity index (χ3v) is 4.91. The van der Waals surface area contributed by atoms with E-state index in [1.165, 1.54) is 24.3 Å². The van der Waals surface area contributed by atoms with Crippen LogP contribution in [0.3, 0.4) is 0 Å². The second-order valence-corrected chi connectivity index (χ2v) is 7.09. The second-order valence-electron chi connectivity index (χ2n) is 6.23. The number of nitrogens with zero attached hydrogens (tertiary/aromatic N) is 2. The standard InChI is InChI=1S/C15H25N3O2S/c1-4-7-18-8-5-11(6-9-18)16-14-17-12(10-21-14)15(2,3)13(19)20/h10-11H,4-9H2,1-3H3,(H,16,17)(H,19,20). The highest BCUT2D eigenvalue weighted by molar-refractivity contribution is 7.13. The molecule has 0 saturated carbocycles. The first kappa shape index (κ1) is 16.2. The van der Waals surface area contributed by atoms with Crippen LogP contribution in [0.15, 0.2) is 5.38 Å². The summed E-state index contributed by atoms with van der Waals surface area (Å²) >= 11 is 1.50. The topological polar surface area (TPSA) is 65.5 Å². The zero-order valence-corrected chi connectivity index (χ0v) is 13.9. The molecule has 0 aromatic carbocycles. The lowest BCUT2D eigenvalue weighted by molar-refractivity contribution is -0.142. The molecule has 0 bridgehead atoms. The van der Waals surface area contributed by atoms with Crippen LogP contribution in [0.1, 0.15) is 45.7 Å². The number of anilines is 1. The second kappa shape index (κ2) is 6.75. The Balaban J connectivity index is 1.91. The first-order valence-electron chi connectivity index (χ1n) is 7.61. The van der Waals surface area contributed by atoms with Crippen molar-refractivity contribution in [2.24, 2.45) is 0 Å². The van der Waals surface area contributed by atoms with E-state index in [0.29, 0.717) is 11.7 Å². The molecule has 1 aromatic heterocycles. The first-order valence-corrected chi connectivity index (χ1v) is 8.49. The summed E-state index contributed by atoms with van der Waals surface area (Å²) in [6.45, 7) is 9.04. The van der Waals surface area contributed by atoms with Crippen molar-refractivity contribution in [3.63, 3.8) is 0 Å². The highest BCUT2D eigenvalue weighted by Crippen LogP contribution is 2.28. The third-order valence-electron chi connectivity index (χ3n) is 4.13. The molecule has 5 nitrogen and oxygen atoms in total. The number of carboxylic acids is 1. The summed E-state index contributed by atoms with van der Waals surface area (Å²) in [7, 11) is 0. The van der Waals surface area contributed by atoms with Crippen LogP contribution < -0.4 is 5.32 Å². The van der Waals surface area contributed by atoms with E-state index in [1.54, 1.807) is 13.8 Å². The Morgan fingerprint density at radius 3 is 2.76 bits per heavy atom. The van der Waals surface area contributed by atoms with Crippen molar-refractivity contribution in [2.75, 3.05) is 25.0 Å². The Labute approximate surface area is 130 Å². The van der Waals surface area contributed by atoms with E-state index in [2.05, 4.69) is 22.1 Å². The number of hydrogen-bond acceptors (Lipinski definition) is 5. The van der Waals surface area contributed by atoms with E-state index in [4.69, 9.17) is 0 Å². The molecular weight excluding hydrogens is 286 g/mol. The molecule has 1 aromatic rings. The van der Waals surface area contributed by atoms with Gasteiger partial charge in [0.1, 0.15) is 5.41 Å². The molecule has 0 aliphatic carbocycles. The molecule has 2 heterocycles. The molecule has 0 radical (unpaired) electrons. The normalized spacial score (nSPS) is 17.9. The maximum atomic E-state index is 11.3. The lowest BCUT2D eigenvalue weighted by atomic mass is 9.90. The molecule has 0 amide bonds. The summed E-state index contributed by atoms with van der Waals surface area (Å²) < 4.78 is 0. The van der Waals surface area contributed by atoms with E-state index in [1.807, 2.05) is 5.38 Å². The monoisotopic (exact) mass is 311 g/mol. The molecule has 0 spiro atoms. The molecule has 118 valence electrons. The number of likely N-dealkylation sites (tertiary alicyclic amines) is 1. The van der Waals surface area contributed by atoms with E-state index >= 15 is 0 Å². The number of aliphatic carboxylic acids is 1. The summed E-state index contributed by atoms with van der Waals surface area (Å²) in [5.41, 5.74) is -0.299. The summed E-state index contributed by atoms with van der Waals surface area (Å²) in [6, 6.07) is 0.449. The van der Waals surface area contributed by atoms with Crippen LogP contribution in [-0.2, 0) is 10.2 Å². The maximum Gasteiger partial charge on any atom is 0.315 e. The van der Waals surface area contributed by atoms with Crippen LogP contribution in [0.4, 0.5) is 5.13 Å². The van der Waals surface area contributed by atoms with E-state index in [-0.39, 0.29) is 0 Å². The van der Waals surface area contributed by atoms with Crippen LogP contribution in [0, 0.1) is 0 Å². The molecule has 2 N–H and O–H groups in total. The van der Waals surface area contributed by atoms with Gasteiger partial charge in [0.2, 0.25) is 0 Å². The quantitative estimate of drug-likeness (QED) is 0.845. The van der Waals surface area contributed by atoms with Crippen LogP contribution in [0.5, 0.6) is 0 Å². The van der Waals surface area contributed by atoms with E-state index in [9.17, 15) is 9.90 Å². The number of hydrogen-bond donors (Lipinski definition) is 2. The van der Waals surface area contributed by atoms with Gasteiger partial charge in [-0.15, -0.1) is 11.3 Å². The fourth-order valence-corrected chi connectivity index (χ4v) is 3.48. The predicted molar refractivity (Wildman–Crippen MR) is 86.2 cm³/mol. The van der Waals surface area contributed by atoms with Gasteiger partial charge in [-0.2, -0.15) is 0 Å². The van der Waals surface area contributed by atoms with Crippen molar-refractivity contribution in [1.29, 1.82) is 0 Å². The lowest BCUT2D eigenvalue weighted by Crippen LogP contribution is -2.39. The largest absolute Gasteiger partial charge is 0.481 e. The number of carboxylic acid groups (broad SMARTS) is 1. The first-order chi connectivity index (χ1) is 9.93. The molecule has 1 saturated heterocycles. The Hall–Kier alpha value is -1.14. The Morgan fingerprint density at radius 1 is 1.52 bits per heavy atom. The number of nitrogens with one attached hydrogen (secondary N) is 1. The van der Waals surface area contributed by atoms with Gasteiger partial charge in [-0.1, -0.05) is 6.92 Å². The summed E-state index contributed by atoms with van der Waals surface area (Å²) in [5, 5.41) is 15.4. The Bertz CT molecular complexity index is 479. The summed E-state index contributed by atoms with van der Waals surface area (Å²) in [6.07, 6.45) is 3.45. The summed E-state index contributed by atoms with van der Waals surface area (Å²) in [4.78, 5) is 18.2. The molecule has 2 rings (SSSR count). The number of piperidine rings is 1. The van der Waals surface area contributed by atoms with Crippen molar-refractivity contribution in [2.45, 2.75) is 51.5 Å². The predicted octanol–water partition coefficient (Wildman–Crippen LogP) is 2.79. The molecule has 1 aliphatic heterocycles. The van der Waals surface area contributed by atoms with Crippen molar-refractivity contribution >= 4 is 22.4 Å². The molecular formula is C15H25N3O2S. The van der Waals surface area contributed by atoms with Crippen LogP contribution in [-0.4, -0.2) is 46.6 Å². The van der Waals surface area contributed by atoms with Gasteiger partial charge in [0, 0.05) is 24.5 Å². The van der Waals surface area contributed by atoms with E-state index in [0.717, 1.165) is 31.1 Å². The average Bonchev–Trinajstić information content (AvgIpc) is 2.90. The number of rotatable bonds is 6. The van der Waals surface area contributed by atoms with Gasteiger partial charge >= 0.3 is 5.97 Å².